The average Bonchev–Trinajstić information content (AvgIpc) is 2.50. The van der Waals surface area contributed by atoms with Crippen molar-refractivity contribution in [2.24, 2.45) is 0 Å². The first-order valence-corrected chi connectivity index (χ1v) is 6.35. The van der Waals surface area contributed by atoms with Crippen LogP contribution in [0.2, 0.25) is 0 Å². The van der Waals surface area contributed by atoms with Gasteiger partial charge in [-0.05, 0) is 5.75 Å². The number of hydrogen-bond donors (Lipinski definition) is 0. The molecule has 1 heterocycles. The first kappa shape index (κ1) is 10.1. The molecule has 2 nitrogen and oxygen atoms in total. The van der Waals surface area contributed by atoms with Crippen LogP contribution in [0.25, 0.3) is 0 Å². The van der Waals surface area contributed by atoms with Crippen LogP contribution >= 0.6 is 34.9 Å². The van der Waals surface area contributed by atoms with Gasteiger partial charge in [0.05, 0.1) is 0 Å². The predicted molar refractivity (Wildman–Crippen MR) is 57.2 cm³/mol. The van der Waals surface area contributed by atoms with E-state index in [-0.39, 0.29) is 0 Å². The fourth-order valence-electron chi connectivity index (χ4n) is 0.568. The summed E-state index contributed by atoms with van der Waals surface area (Å²) in [6.45, 7) is 5.76. The summed E-state index contributed by atoms with van der Waals surface area (Å²) in [6.07, 6.45) is 1.87. The summed E-state index contributed by atoms with van der Waals surface area (Å²) in [7, 11) is 0. The number of nitrogens with zero attached hydrogens (tertiary/aromatic N) is 2. The van der Waals surface area contributed by atoms with Gasteiger partial charge in [0.15, 0.2) is 8.68 Å². The van der Waals surface area contributed by atoms with Crippen molar-refractivity contribution in [1.29, 1.82) is 0 Å². The molecule has 0 spiro atoms. The molecule has 1 aromatic rings. The number of rotatable bonds is 5. The van der Waals surface area contributed by atoms with Crippen molar-refractivity contribution in [3.63, 3.8) is 0 Å². The Morgan fingerprint density at radius 1 is 1.42 bits per heavy atom. The second-order valence-corrected chi connectivity index (χ2v) is 5.62. The van der Waals surface area contributed by atoms with Gasteiger partial charge in [-0.2, -0.15) is 0 Å². The second-order valence-electron chi connectivity index (χ2n) is 1.87. The Morgan fingerprint density at radius 2 is 2.08 bits per heavy atom. The summed E-state index contributed by atoms with van der Waals surface area (Å²) in [6, 6.07) is 0. The van der Waals surface area contributed by atoms with E-state index in [9.17, 15) is 0 Å². The first-order chi connectivity index (χ1) is 5.86. The van der Waals surface area contributed by atoms with Crippen molar-refractivity contribution in [3.8, 4) is 0 Å². The van der Waals surface area contributed by atoms with Gasteiger partial charge in [-0.25, -0.2) is 0 Å². The van der Waals surface area contributed by atoms with Crippen LogP contribution in [-0.2, 0) is 0 Å². The van der Waals surface area contributed by atoms with Crippen molar-refractivity contribution in [3.05, 3.63) is 12.7 Å². The number of hydrogen-bond acceptors (Lipinski definition) is 5. The van der Waals surface area contributed by atoms with Gasteiger partial charge in [-0.15, -0.1) is 16.8 Å². The van der Waals surface area contributed by atoms with E-state index in [0.29, 0.717) is 0 Å². The molecule has 0 amide bonds. The highest BCUT2D eigenvalue weighted by atomic mass is 32.2. The Labute approximate surface area is 84.9 Å². The summed E-state index contributed by atoms with van der Waals surface area (Å²) >= 11 is 5.07. The van der Waals surface area contributed by atoms with Gasteiger partial charge >= 0.3 is 0 Å². The highest BCUT2D eigenvalue weighted by Crippen LogP contribution is 2.28. The smallest absolute Gasteiger partial charge is 0.131 e. The molecular weight excluding hydrogens is 208 g/mol. The van der Waals surface area contributed by atoms with Gasteiger partial charge in [0.2, 0.25) is 0 Å². The standard InChI is InChI=1S/C7H10N2S3/c1-3-5-11-7-9-8-6(12-7)10-4-2/h3H,1,4-5H2,2H3. The van der Waals surface area contributed by atoms with Gasteiger partial charge in [-0.3, -0.25) is 0 Å². The van der Waals surface area contributed by atoms with E-state index in [2.05, 4.69) is 23.7 Å². The van der Waals surface area contributed by atoms with Gasteiger partial charge in [0.1, 0.15) is 0 Å². The molecule has 0 fully saturated rings. The minimum Gasteiger partial charge on any atom is -0.131 e. The van der Waals surface area contributed by atoms with Crippen molar-refractivity contribution in [2.45, 2.75) is 15.6 Å². The zero-order valence-corrected chi connectivity index (χ0v) is 9.27. The lowest BCUT2D eigenvalue weighted by Gasteiger charge is -1.86. The maximum atomic E-state index is 4.04. The maximum Gasteiger partial charge on any atom is 0.175 e. The largest absolute Gasteiger partial charge is 0.175 e. The molecule has 0 aliphatic heterocycles. The quantitative estimate of drug-likeness (QED) is 0.560. The molecule has 12 heavy (non-hydrogen) atoms. The minimum atomic E-state index is 0.908. The van der Waals surface area contributed by atoms with Crippen molar-refractivity contribution in [2.75, 3.05) is 11.5 Å². The molecule has 0 aromatic carbocycles. The SMILES string of the molecule is C=CCSc1nnc(SCC)s1. The normalized spacial score (nSPS) is 10.1. The zero-order chi connectivity index (χ0) is 8.81. The molecule has 0 atom stereocenters. The number of aromatic nitrogens is 2. The fourth-order valence-corrected chi connectivity index (χ4v) is 3.25. The molecule has 0 N–H and O–H groups in total. The lowest BCUT2D eigenvalue weighted by atomic mass is 10.8. The predicted octanol–water partition coefficient (Wildman–Crippen LogP) is 2.93. The fraction of sp³-hybridized carbons (Fsp3) is 0.429. The van der Waals surface area contributed by atoms with Crippen LogP contribution in [0.1, 0.15) is 6.92 Å². The van der Waals surface area contributed by atoms with Gasteiger partial charge < -0.3 is 0 Å². The molecule has 1 aromatic heterocycles. The summed E-state index contributed by atoms with van der Waals surface area (Å²) in [5.74, 6) is 1.96. The van der Waals surface area contributed by atoms with E-state index < -0.39 is 0 Å². The Hall–Kier alpha value is -0.0000000000000000833. The second kappa shape index (κ2) is 5.61. The third-order valence-corrected chi connectivity index (χ3v) is 4.05. The summed E-state index contributed by atoms with van der Waals surface area (Å²) in [4.78, 5) is 0. The van der Waals surface area contributed by atoms with Gasteiger partial charge in [-0.1, -0.05) is 47.9 Å². The third-order valence-electron chi connectivity index (χ3n) is 0.980. The monoisotopic (exact) mass is 218 g/mol. The topological polar surface area (TPSA) is 25.8 Å². The molecule has 0 radical (unpaired) electrons. The van der Waals surface area contributed by atoms with Crippen molar-refractivity contribution >= 4 is 34.9 Å². The van der Waals surface area contributed by atoms with Gasteiger partial charge in [0, 0.05) is 5.75 Å². The lowest BCUT2D eigenvalue weighted by Crippen LogP contribution is -1.72. The third kappa shape index (κ3) is 3.16. The molecule has 0 saturated carbocycles. The molecule has 0 aliphatic carbocycles. The summed E-state index contributed by atoms with van der Waals surface area (Å²) in [5, 5.41) is 8.07. The van der Waals surface area contributed by atoms with E-state index in [1.165, 1.54) is 0 Å². The lowest BCUT2D eigenvalue weighted by molar-refractivity contribution is 0.955. The molecule has 0 aliphatic rings. The van der Waals surface area contributed by atoms with E-state index in [1.807, 2.05) is 6.08 Å². The Kier molecular flexibility index (Phi) is 4.72. The van der Waals surface area contributed by atoms with E-state index in [1.54, 1.807) is 34.9 Å². The zero-order valence-electron chi connectivity index (χ0n) is 6.82. The molecule has 0 unspecified atom stereocenters. The Morgan fingerprint density at radius 3 is 2.67 bits per heavy atom. The maximum absolute atomic E-state index is 4.04. The molecule has 66 valence electrons. The minimum absolute atomic E-state index is 0.908. The van der Waals surface area contributed by atoms with Crippen LogP contribution in [0.5, 0.6) is 0 Å². The molecule has 0 saturated heterocycles. The van der Waals surface area contributed by atoms with Crippen molar-refractivity contribution in [1.82, 2.24) is 10.2 Å². The van der Waals surface area contributed by atoms with Crippen LogP contribution in [0.15, 0.2) is 21.3 Å². The first-order valence-electron chi connectivity index (χ1n) is 3.56. The van der Waals surface area contributed by atoms with E-state index in [0.717, 1.165) is 20.2 Å². The molecular formula is C7H10N2S3. The van der Waals surface area contributed by atoms with E-state index >= 15 is 0 Å². The van der Waals surface area contributed by atoms with Crippen LogP contribution in [0.3, 0.4) is 0 Å². The van der Waals surface area contributed by atoms with Crippen molar-refractivity contribution < 1.29 is 0 Å². The van der Waals surface area contributed by atoms with E-state index in [4.69, 9.17) is 0 Å². The van der Waals surface area contributed by atoms with Crippen LogP contribution < -0.4 is 0 Å². The highest BCUT2D eigenvalue weighted by molar-refractivity contribution is 8.03. The summed E-state index contributed by atoms with van der Waals surface area (Å²) in [5.41, 5.74) is 0. The van der Waals surface area contributed by atoms with Crippen LogP contribution in [0, 0.1) is 0 Å². The summed E-state index contributed by atoms with van der Waals surface area (Å²) < 4.78 is 2.09. The number of thioether (sulfide) groups is 2. The van der Waals surface area contributed by atoms with Gasteiger partial charge in [0.25, 0.3) is 0 Å². The highest BCUT2D eigenvalue weighted by Gasteiger charge is 2.02. The molecule has 0 bridgehead atoms. The average molecular weight is 218 g/mol. The molecule has 1 rings (SSSR count). The van der Waals surface area contributed by atoms with Crippen LogP contribution in [-0.4, -0.2) is 21.7 Å². The Balaban J connectivity index is 2.46. The Bertz CT molecular complexity index is 247. The molecule has 5 heteroatoms. The van der Waals surface area contributed by atoms with Crippen LogP contribution in [0.4, 0.5) is 0 Å².